The SMILES string of the molecule is NC(=O)C(CCO)(CCO)C(NCCNCCNCC(=O)O)C(=O)O. The van der Waals surface area contributed by atoms with E-state index in [2.05, 4.69) is 16.0 Å². The fraction of sp³-hybridized carbons (Fsp3) is 0.786. The van der Waals surface area contributed by atoms with Gasteiger partial charge in [0.25, 0.3) is 0 Å². The molecule has 0 saturated carbocycles. The summed E-state index contributed by atoms with van der Waals surface area (Å²) in [6.45, 7) is 0.428. The first-order valence-corrected chi connectivity index (χ1v) is 7.93. The van der Waals surface area contributed by atoms with E-state index >= 15 is 0 Å². The molecule has 0 aromatic heterocycles. The monoisotopic (exact) mass is 364 g/mol. The molecule has 0 bridgehead atoms. The lowest BCUT2D eigenvalue weighted by Gasteiger charge is -2.35. The Kier molecular flexibility index (Phi) is 11.7. The number of carbonyl (C=O) groups excluding carboxylic acids is 1. The lowest BCUT2D eigenvalue weighted by molar-refractivity contribution is -0.150. The maximum absolute atomic E-state index is 11.8. The predicted octanol–water partition coefficient (Wildman–Crippen LogP) is -3.47. The standard InChI is InChI=1S/C14H28N4O7/c15-13(25)14(1-7-19,2-8-20)11(12(23)24)18-6-5-16-3-4-17-9-10(21)22/h11,16-20H,1-9H2,(H2,15,25)(H,21,22)(H,23,24). The summed E-state index contributed by atoms with van der Waals surface area (Å²) in [6.07, 6.45) is -0.362. The number of rotatable bonds is 16. The number of hydrogen-bond donors (Lipinski definition) is 8. The van der Waals surface area contributed by atoms with Crippen LogP contribution < -0.4 is 21.7 Å². The van der Waals surface area contributed by atoms with Gasteiger partial charge < -0.3 is 42.1 Å². The van der Waals surface area contributed by atoms with Crippen molar-refractivity contribution in [2.75, 3.05) is 45.9 Å². The number of aliphatic hydroxyl groups excluding tert-OH is 2. The van der Waals surface area contributed by atoms with Crippen LogP contribution in [0.1, 0.15) is 12.8 Å². The number of carboxylic acids is 2. The molecule has 0 rings (SSSR count). The van der Waals surface area contributed by atoms with E-state index < -0.39 is 42.5 Å². The molecule has 1 atom stereocenters. The van der Waals surface area contributed by atoms with E-state index in [-0.39, 0.29) is 25.9 Å². The van der Waals surface area contributed by atoms with Gasteiger partial charge >= 0.3 is 11.9 Å². The summed E-state index contributed by atoms with van der Waals surface area (Å²) in [5.41, 5.74) is 3.76. The molecule has 0 aliphatic rings. The van der Waals surface area contributed by atoms with Gasteiger partial charge in [0, 0.05) is 39.4 Å². The average molecular weight is 364 g/mol. The highest BCUT2D eigenvalue weighted by Crippen LogP contribution is 2.30. The van der Waals surface area contributed by atoms with Crippen LogP contribution in [0.5, 0.6) is 0 Å². The molecule has 0 aromatic carbocycles. The zero-order chi connectivity index (χ0) is 19.3. The molecular weight excluding hydrogens is 336 g/mol. The molecule has 0 aliphatic carbocycles. The van der Waals surface area contributed by atoms with Gasteiger partial charge in [-0.3, -0.25) is 14.4 Å². The van der Waals surface area contributed by atoms with E-state index in [0.717, 1.165) is 0 Å². The van der Waals surface area contributed by atoms with Gasteiger partial charge in [-0.15, -0.1) is 0 Å². The molecular formula is C14H28N4O7. The number of carbonyl (C=O) groups is 3. The topological polar surface area (TPSA) is 194 Å². The van der Waals surface area contributed by atoms with Crippen LogP contribution in [0.4, 0.5) is 0 Å². The Labute approximate surface area is 145 Å². The number of nitrogens with one attached hydrogen (secondary N) is 3. The van der Waals surface area contributed by atoms with Gasteiger partial charge in [-0.05, 0) is 12.8 Å². The lowest BCUT2D eigenvalue weighted by atomic mass is 9.74. The maximum Gasteiger partial charge on any atom is 0.321 e. The molecule has 146 valence electrons. The highest BCUT2D eigenvalue weighted by atomic mass is 16.4. The van der Waals surface area contributed by atoms with E-state index in [1.807, 2.05) is 0 Å². The van der Waals surface area contributed by atoms with Crippen molar-refractivity contribution in [3.8, 4) is 0 Å². The maximum atomic E-state index is 11.8. The van der Waals surface area contributed by atoms with Crippen LogP contribution in [0.3, 0.4) is 0 Å². The van der Waals surface area contributed by atoms with Crippen molar-refractivity contribution >= 4 is 17.8 Å². The fourth-order valence-electron chi connectivity index (χ4n) is 2.52. The number of amides is 1. The minimum Gasteiger partial charge on any atom is -0.480 e. The fourth-order valence-corrected chi connectivity index (χ4v) is 2.52. The molecule has 0 spiro atoms. The minimum absolute atomic E-state index is 0.148. The van der Waals surface area contributed by atoms with Crippen molar-refractivity contribution in [3.63, 3.8) is 0 Å². The molecule has 11 nitrogen and oxygen atoms in total. The number of primary amides is 1. The summed E-state index contributed by atoms with van der Waals surface area (Å²) in [5.74, 6) is -3.16. The molecule has 0 saturated heterocycles. The van der Waals surface area contributed by atoms with Gasteiger partial charge in [0.15, 0.2) is 0 Å². The highest BCUT2D eigenvalue weighted by Gasteiger charge is 2.47. The van der Waals surface area contributed by atoms with E-state index in [4.69, 9.17) is 21.1 Å². The Bertz CT molecular complexity index is 427. The van der Waals surface area contributed by atoms with Gasteiger partial charge in [-0.2, -0.15) is 0 Å². The number of carboxylic acid groups (broad SMARTS) is 2. The molecule has 25 heavy (non-hydrogen) atoms. The zero-order valence-electron chi connectivity index (χ0n) is 14.0. The molecule has 1 amide bonds. The van der Waals surface area contributed by atoms with Crippen LogP contribution in [-0.4, -0.2) is 90.3 Å². The van der Waals surface area contributed by atoms with E-state index in [0.29, 0.717) is 19.6 Å². The molecule has 0 aliphatic heterocycles. The Balaban J connectivity index is 4.54. The van der Waals surface area contributed by atoms with Crippen LogP contribution in [0.15, 0.2) is 0 Å². The summed E-state index contributed by atoms with van der Waals surface area (Å²) in [6, 6.07) is -1.35. The molecule has 9 N–H and O–H groups in total. The van der Waals surface area contributed by atoms with Gasteiger partial charge in [0.2, 0.25) is 5.91 Å². The van der Waals surface area contributed by atoms with Gasteiger partial charge in [-0.25, -0.2) is 0 Å². The van der Waals surface area contributed by atoms with Crippen molar-refractivity contribution in [1.82, 2.24) is 16.0 Å². The summed E-state index contributed by atoms with van der Waals surface area (Å²) in [5, 5.41) is 44.6. The Morgan fingerprint density at radius 3 is 1.88 bits per heavy atom. The number of hydrogen-bond acceptors (Lipinski definition) is 8. The smallest absolute Gasteiger partial charge is 0.321 e. The Morgan fingerprint density at radius 1 is 0.920 bits per heavy atom. The zero-order valence-corrected chi connectivity index (χ0v) is 14.0. The average Bonchev–Trinajstić information content (AvgIpc) is 2.52. The number of aliphatic hydroxyl groups is 2. The van der Waals surface area contributed by atoms with Crippen LogP contribution >= 0.6 is 0 Å². The third-order valence-corrected chi connectivity index (χ3v) is 3.81. The third kappa shape index (κ3) is 8.23. The number of nitrogens with two attached hydrogens (primary N) is 1. The first-order chi connectivity index (χ1) is 11.8. The third-order valence-electron chi connectivity index (χ3n) is 3.81. The summed E-state index contributed by atoms with van der Waals surface area (Å²) in [7, 11) is 0. The van der Waals surface area contributed by atoms with Gasteiger partial charge in [0.1, 0.15) is 6.04 Å². The van der Waals surface area contributed by atoms with Crippen molar-refractivity contribution in [2.45, 2.75) is 18.9 Å². The largest absolute Gasteiger partial charge is 0.480 e. The molecule has 0 radical (unpaired) electrons. The van der Waals surface area contributed by atoms with Gasteiger partial charge in [0.05, 0.1) is 12.0 Å². The second-order valence-electron chi connectivity index (χ2n) is 5.51. The summed E-state index contributed by atoms with van der Waals surface area (Å²) < 4.78 is 0. The van der Waals surface area contributed by atoms with Crippen molar-refractivity contribution in [1.29, 1.82) is 0 Å². The van der Waals surface area contributed by atoms with Crippen LogP contribution in [-0.2, 0) is 14.4 Å². The normalized spacial score (nSPS) is 12.7. The lowest BCUT2D eigenvalue weighted by Crippen LogP contribution is -2.58. The van der Waals surface area contributed by atoms with Gasteiger partial charge in [-0.1, -0.05) is 0 Å². The van der Waals surface area contributed by atoms with E-state index in [1.165, 1.54) is 0 Å². The van der Waals surface area contributed by atoms with E-state index in [9.17, 15) is 19.5 Å². The molecule has 0 fully saturated rings. The summed E-state index contributed by atoms with van der Waals surface area (Å²) in [4.78, 5) is 33.7. The van der Waals surface area contributed by atoms with Crippen molar-refractivity contribution in [3.05, 3.63) is 0 Å². The van der Waals surface area contributed by atoms with Crippen molar-refractivity contribution < 1.29 is 34.8 Å². The molecule has 1 unspecified atom stereocenters. The predicted molar refractivity (Wildman–Crippen MR) is 87.8 cm³/mol. The quantitative estimate of drug-likeness (QED) is 0.127. The van der Waals surface area contributed by atoms with Crippen LogP contribution in [0.2, 0.25) is 0 Å². The van der Waals surface area contributed by atoms with E-state index in [1.54, 1.807) is 0 Å². The first kappa shape index (κ1) is 23.2. The molecule has 11 heteroatoms. The molecule has 0 heterocycles. The Hall–Kier alpha value is -1.79. The Morgan fingerprint density at radius 2 is 1.44 bits per heavy atom. The minimum atomic E-state index is -1.60. The highest BCUT2D eigenvalue weighted by molar-refractivity contribution is 5.89. The first-order valence-electron chi connectivity index (χ1n) is 7.93. The number of aliphatic carboxylic acids is 2. The second kappa shape index (κ2) is 12.6. The van der Waals surface area contributed by atoms with Crippen LogP contribution in [0.25, 0.3) is 0 Å². The molecule has 0 aromatic rings. The second-order valence-corrected chi connectivity index (χ2v) is 5.51. The van der Waals surface area contributed by atoms with Crippen molar-refractivity contribution in [2.24, 2.45) is 11.1 Å². The van der Waals surface area contributed by atoms with Crippen LogP contribution in [0, 0.1) is 5.41 Å². The summed E-state index contributed by atoms with van der Waals surface area (Å²) >= 11 is 0.